The normalized spacial score (nSPS) is 12.3. The summed E-state index contributed by atoms with van der Waals surface area (Å²) in [6, 6.07) is 5.39. The number of non-ortho nitro benzene ring substituents is 1. The molecule has 10 heteroatoms. The lowest BCUT2D eigenvalue weighted by Crippen LogP contribution is -2.23. The number of nitrogens with zero attached hydrogens (tertiary/aromatic N) is 4. The zero-order valence-corrected chi connectivity index (χ0v) is 14.6. The van der Waals surface area contributed by atoms with E-state index in [0.717, 1.165) is 15.8 Å². The molecule has 4 aromatic rings. The van der Waals surface area contributed by atoms with Crippen LogP contribution in [0.3, 0.4) is 0 Å². The summed E-state index contributed by atoms with van der Waals surface area (Å²) < 4.78 is 2.43. The van der Waals surface area contributed by atoms with Crippen LogP contribution in [0.1, 0.15) is 5.56 Å². The van der Waals surface area contributed by atoms with Crippen molar-refractivity contribution in [2.24, 2.45) is 0 Å². The highest BCUT2D eigenvalue weighted by Gasteiger charge is 2.14. The summed E-state index contributed by atoms with van der Waals surface area (Å²) in [5.41, 5.74) is 0.693. The number of thiazole rings is 1. The first kappa shape index (κ1) is 15.7. The van der Waals surface area contributed by atoms with Gasteiger partial charge in [0.25, 0.3) is 11.2 Å². The number of phenols is 1. The first-order chi connectivity index (χ1) is 11.9. The Morgan fingerprint density at radius 3 is 2.92 bits per heavy atom. The molecule has 8 nitrogen and oxygen atoms in total. The highest BCUT2D eigenvalue weighted by molar-refractivity contribution is 9.10. The molecule has 0 atom stereocenters. The summed E-state index contributed by atoms with van der Waals surface area (Å²) in [7, 11) is 0. The zero-order chi connectivity index (χ0) is 17.7. The molecule has 0 amide bonds. The Balaban J connectivity index is 1.97. The molecular weight excluding hydrogens is 412 g/mol. The quantitative estimate of drug-likeness (QED) is 0.394. The Labute approximate surface area is 151 Å². The van der Waals surface area contributed by atoms with E-state index in [2.05, 4.69) is 25.9 Å². The molecule has 1 aromatic carbocycles. The summed E-state index contributed by atoms with van der Waals surface area (Å²) in [4.78, 5) is 32.0. The van der Waals surface area contributed by atoms with Crippen LogP contribution in [0.2, 0.25) is 0 Å². The minimum Gasteiger partial charge on any atom is -0.507 e. The fourth-order valence-corrected chi connectivity index (χ4v) is 3.71. The SMILES string of the molecule is O=c1c(=Cc2cc([N+](=O)[O-])ccc2O)sc2nc3cc(Br)cnc3n12. The number of halogens is 1. The van der Waals surface area contributed by atoms with Gasteiger partial charge < -0.3 is 5.11 Å². The summed E-state index contributed by atoms with van der Waals surface area (Å²) >= 11 is 4.43. The van der Waals surface area contributed by atoms with E-state index in [1.807, 2.05) is 0 Å². The standard InChI is InChI=1S/C15H7BrN4O4S/c16-8-5-10-13(17-6-8)19-14(22)12(25-15(19)18-10)4-7-3-9(20(23)24)1-2-11(7)21/h1-6,21H. The molecule has 25 heavy (non-hydrogen) atoms. The monoisotopic (exact) mass is 418 g/mol. The van der Waals surface area contributed by atoms with E-state index in [0.29, 0.717) is 20.7 Å². The van der Waals surface area contributed by atoms with Crippen LogP contribution in [0.25, 0.3) is 22.2 Å². The van der Waals surface area contributed by atoms with Gasteiger partial charge >= 0.3 is 0 Å². The van der Waals surface area contributed by atoms with E-state index in [9.17, 15) is 20.0 Å². The van der Waals surface area contributed by atoms with E-state index < -0.39 is 4.92 Å². The maximum atomic E-state index is 12.7. The number of aromatic nitrogens is 3. The molecule has 3 aromatic heterocycles. The molecule has 0 spiro atoms. The van der Waals surface area contributed by atoms with E-state index in [-0.39, 0.29) is 22.6 Å². The van der Waals surface area contributed by atoms with Crippen molar-refractivity contribution in [2.45, 2.75) is 0 Å². The Hall–Kier alpha value is -2.85. The maximum absolute atomic E-state index is 12.7. The van der Waals surface area contributed by atoms with Gasteiger partial charge in [-0.15, -0.1) is 0 Å². The summed E-state index contributed by atoms with van der Waals surface area (Å²) in [5, 5.41) is 20.8. The smallest absolute Gasteiger partial charge is 0.276 e. The van der Waals surface area contributed by atoms with Crippen LogP contribution in [0.5, 0.6) is 5.75 Å². The van der Waals surface area contributed by atoms with E-state index >= 15 is 0 Å². The molecule has 0 bridgehead atoms. The summed E-state index contributed by atoms with van der Waals surface area (Å²) in [6.07, 6.45) is 2.98. The highest BCUT2D eigenvalue weighted by Crippen LogP contribution is 2.24. The van der Waals surface area contributed by atoms with Crippen LogP contribution in [-0.2, 0) is 0 Å². The van der Waals surface area contributed by atoms with Gasteiger partial charge in [-0.3, -0.25) is 14.9 Å². The van der Waals surface area contributed by atoms with Gasteiger partial charge in [0.05, 0.1) is 9.46 Å². The predicted octanol–water partition coefficient (Wildman–Crippen LogP) is 2.23. The minimum atomic E-state index is -0.564. The van der Waals surface area contributed by atoms with Gasteiger partial charge in [0.2, 0.25) is 0 Å². The van der Waals surface area contributed by atoms with Gasteiger partial charge in [-0.25, -0.2) is 14.4 Å². The third kappa shape index (κ3) is 2.55. The second-order valence-electron chi connectivity index (χ2n) is 5.14. The molecule has 124 valence electrons. The number of nitro benzene ring substituents is 1. The number of imidazole rings is 1. The van der Waals surface area contributed by atoms with E-state index in [1.165, 1.54) is 28.7 Å². The molecule has 1 N–H and O–H groups in total. The molecule has 0 saturated carbocycles. The number of nitro groups is 1. The number of hydrogen-bond donors (Lipinski definition) is 1. The minimum absolute atomic E-state index is 0.150. The lowest BCUT2D eigenvalue weighted by Gasteiger charge is -1.97. The molecule has 0 aliphatic rings. The second-order valence-corrected chi connectivity index (χ2v) is 7.07. The third-order valence-corrected chi connectivity index (χ3v) is 4.96. The van der Waals surface area contributed by atoms with Crippen molar-refractivity contribution in [1.82, 2.24) is 14.4 Å². The van der Waals surface area contributed by atoms with E-state index in [1.54, 1.807) is 12.3 Å². The van der Waals surface area contributed by atoms with Crippen molar-refractivity contribution in [3.8, 4) is 5.75 Å². The topological polar surface area (TPSA) is 111 Å². The number of hydrogen-bond acceptors (Lipinski definition) is 7. The van der Waals surface area contributed by atoms with Gasteiger partial charge in [0.1, 0.15) is 11.3 Å². The van der Waals surface area contributed by atoms with Gasteiger partial charge in [0, 0.05) is 28.4 Å². The number of fused-ring (bicyclic) bond motifs is 3. The Kier molecular flexibility index (Phi) is 3.51. The van der Waals surface area contributed by atoms with Crippen LogP contribution >= 0.6 is 27.3 Å². The molecule has 4 rings (SSSR count). The lowest BCUT2D eigenvalue weighted by atomic mass is 10.1. The average Bonchev–Trinajstić information content (AvgIpc) is 3.05. The van der Waals surface area contributed by atoms with Crippen molar-refractivity contribution < 1.29 is 10.0 Å². The fraction of sp³-hybridized carbons (Fsp3) is 0. The zero-order valence-electron chi connectivity index (χ0n) is 12.2. The van der Waals surface area contributed by atoms with Crippen LogP contribution in [-0.4, -0.2) is 24.4 Å². The first-order valence-corrected chi connectivity index (χ1v) is 8.50. The fourth-order valence-electron chi connectivity index (χ4n) is 2.43. The molecule has 0 saturated heterocycles. The molecule has 0 radical (unpaired) electrons. The predicted molar refractivity (Wildman–Crippen MR) is 95.9 cm³/mol. The van der Waals surface area contributed by atoms with Crippen molar-refractivity contribution in [2.75, 3.05) is 0 Å². The van der Waals surface area contributed by atoms with Gasteiger partial charge in [0.15, 0.2) is 10.6 Å². The average molecular weight is 419 g/mol. The number of phenolic OH excluding ortho intramolecular Hbond substituents is 1. The molecule has 0 aliphatic heterocycles. The number of pyridine rings is 1. The molecule has 0 fully saturated rings. The Morgan fingerprint density at radius 1 is 1.36 bits per heavy atom. The number of rotatable bonds is 2. The van der Waals surface area contributed by atoms with Crippen molar-refractivity contribution in [3.63, 3.8) is 0 Å². The van der Waals surface area contributed by atoms with E-state index in [4.69, 9.17) is 0 Å². The molecule has 0 aliphatic carbocycles. The molecule has 0 unspecified atom stereocenters. The number of aromatic hydroxyl groups is 1. The second kappa shape index (κ2) is 5.60. The Morgan fingerprint density at radius 2 is 2.16 bits per heavy atom. The van der Waals surface area contributed by atoms with Gasteiger partial charge in [-0.2, -0.15) is 0 Å². The van der Waals surface area contributed by atoms with Crippen LogP contribution in [0, 0.1) is 10.1 Å². The first-order valence-electron chi connectivity index (χ1n) is 6.89. The van der Waals surface area contributed by atoms with Crippen molar-refractivity contribution in [3.05, 3.63) is 65.5 Å². The van der Waals surface area contributed by atoms with Crippen molar-refractivity contribution >= 4 is 55.2 Å². The van der Waals surface area contributed by atoms with Crippen molar-refractivity contribution in [1.29, 1.82) is 0 Å². The highest BCUT2D eigenvalue weighted by atomic mass is 79.9. The maximum Gasteiger partial charge on any atom is 0.276 e. The van der Waals surface area contributed by atoms with Gasteiger partial charge in [-0.1, -0.05) is 11.3 Å². The lowest BCUT2D eigenvalue weighted by molar-refractivity contribution is -0.384. The number of benzene rings is 1. The molecule has 3 heterocycles. The summed E-state index contributed by atoms with van der Waals surface area (Å²) in [6.45, 7) is 0. The van der Waals surface area contributed by atoms with Crippen LogP contribution < -0.4 is 10.1 Å². The van der Waals surface area contributed by atoms with Crippen LogP contribution in [0.4, 0.5) is 5.69 Å². The van der Waals surface area contributed by atoms with Crippen LogP contribution in [0.15, 0.2) is 39.7 Å². The van der Waals surface area contributed by atoms with Gasteiger partial charge in [-0.05, 0) is 34.1 Å². The summed E-state index contributed by atoms with van der Waals surface area (Å²) in [5.74, 6) is -0.150. The molecular formula is C15H7BrN4O4S. The Bertz CT molecular complexity index is 1280. The largest absolute Gasteiger partial charge is 0.507 e. The third-order valence-electron chi connectivity index (χ3n) is 3.56.